The molecule has 0 radical (unpaired) electrons. The third kappa shape index (κ3) is 3.35. The lowest BCUT2D eigenvalue weighted by molar-refractivity contribution is 0.1000. The van der Waals surface area contributed by atoms with Gasteiger partial charge in [-0.2, -0.15) is 0 Å². The molecule has 0 aliphatic heterocycles. The largest absolute Gasteiger partial charge is 0.504 e. The molecule has 0 atom stereocenters. The van der Waals surface area contributed by atoms with Gasteiger partial charge in [0.1, 0.15) is 5.82 Å². The van der Waals surface area contributed by atoms with Crippen molar-refractivity contribution in [1.29, 1.82) is 0 Å². The van der Waals surface area contributed by atoms with Crippen LogP contribution in [-0.4, -0.2) is 23.1 Å². The number of hydrogen-bond acceptors (Lipinski definition) is 5. The van der Waals surface area contributed by atoms with Gasteiger partial charge in [0.2, 0.25) is 5.91 Å². The van der Waals surface area contributed by atoms with Crippen LogP contribution in [0.3, 0.4) is 0 Å². The fourth-order valence-electron chi connectivity index (χ4n) is 1.76. The average molecular weight is 308 g/mol. The van der Waals surface area contributed by atoms with Crippen molar-refractivity contribution in [3.05, 3.63) is 46.6 Å². The van der Waals surface area contributed by atoms with Gasteiger partial charge in [0, 0.05) is 18.3 Å². The van der Waals surface area contributed by atoms with Crippen LogP contribution in [0.5, 0.6) is 11.5 Å². The van der Waals surface area contributed by atoms with E-state index in [9.17, 15) is 9.90 Å². The second-order valence-corrected chi connectivity index (χ2v) is 4.65. The van der Waals surface area contributed by atoms with Gasteiger partial charge in [-0.3, -0.25) is 4.79 Å². The zero-order chi connectivity index (χ0) is 15.4. The maximum Gasteiger partial charge on any atom is 0.250 e. The molecule has 1 amide bonds. The van der Waals surface area contributed by atoms with Crippen molar-refractivity contribution in [1.82, 2.24) is 4.98 Å². The van der Waals surface area contributed by atoms with Crippen molar-refractivity contribution < 1.29 is 14.6 Å². The van der Waals surface area contributed by atoms with E-state index < -0.39 is 5.91 Å². The number of amides is 1. The number of halogens is 1. The molecule has 0 aliphatic rings. The zero-order valence-electron chi connectivity index (χ0n) is 11.3. The van der Waals surface area contributed by atoms with Crippen LogP contribution in [0.25, 0.3) is 0 Å². The van der Waals surface area contributed by atoms with Gasteiger partial charge >= 0.3 is 0 Å². The molecular weight excluding hydrogens is 294 g/mol. The first-order valence-corrected chi connectivity index (χ1v) is 6.44. The molecule has 0 saturated heterocycles. The number of nitrogens with two attached hydrogens (primary N) is 1. The van der Waals surface area contributed by atoms with Gasteiger partial charge in [0.25, 0.3) is 0 Å². The molecule has 0 aliphatic carbocycles. The molecule has 0 spiro atoms. The van der Waals surface area contributed by atoms with Gasteiger partial charge in [-0.05, 0) is 12.1 Å². The number of methoxy groups -OCH3 is 1. The van der Waals surface area contributed by atoms with Crippen molar-refractivity contribution in [2.45, 2.75) is 6.54 Å². The van der Waals surface area contributed by atoms with Crippen LogP contribution in [0, 0.1) is 0 Å². The Morgan fingerprint density at radius 3 is 2.90 bits per heavy atom. The van der Waals surface area contributed by atoms with Crippen LogP contribution in [0.15, 0.2) is 30.5 Å². The summed E-state index contributed by atoms with van der Waals surface area (Å²) in [4.78, 5) is 15.0. The van der Waals surface area contributed by atoms with Crippen LogP contribution in [0.4, 0.5) is 5.82 Å². The number of nitrogens with one attached hydrogen (secondary N) is 1. The number of carbonyl (C=O) groups is 1. The first-order chi connectivity index (χ1) is 10.0. The Bertz CT molecular complexity index is 677. The molecule has 0 saturated carbocycles. The average Bonchev–Trinajstić information content (AvgIpc) is 2.47. The molecule has 0 fully saturated rings. The second-order valence-electron chi connectivity index (χ2n) is 4.24. The molecule has 6 nitrogen and oxygen atoms in total. The molecule has 0 unspecified atom stereocenters. The Labute approximate surface area is 126 Å². The first-order valence-electron chi connectivity index (χ1n) is 6.07. The molecule has 1 heterocycles. The number of hydrogen-bond donors (Lipinski definition) is 3. The van der Waals surface area contributed by atoms with Crippen LogP contribution < -0.4 is 15.8 Å². The van der Waals surface area contributed by atoms with Gasteiger partial charge in [0.05, 0.1) is 17.7 Å². The number of carbonyl (C=O) groups excluding carboxylic acids is 1. The summed E-state index contributed by atoms with van der Waals surface area (Å²) in [6, 6.07) is 6.60. The summed E-state index contributed by atoms with van der Waals surface area (Å²) < 4.78 is 5.03. The highest BCUT2D eigenvalue weighted by Gasteiger charge is 2.10. The zero-order valence-corrected chi connectivity index (χ0v) is 12.0. The number of phenolic OH excluding ortho intramolecular Hbond substituents is 1. The fourth-order valence-corrected chi connectivity index (χ4v) is 1.99. The molecule has 21 heavy (non-hydrogen) atoms. The highest BCUT2D eigenvalue weighted by molar-refractivity contribution is 6.33. The van der Waals surface area contributed by atoms with E-state index in [1.165, 1.54) is 19.4 Å². The second kappa shape index (κ2) is 6.32. The molecule has 0 bridgehead atoms. The SMILES string of the molecule is COc1cccc(CNc2ncc(C(N)=O)cc2Cl)c1O. The summed E-state index contributed by atoms with van der Waals surface area (Å²) in [5.74, 6) is 0.236. The van der Waals surface area contributed by atoms with Crippen molar-refractivity contribution in [3.63, 3.8) is 0 Å². The Morgan fingerprint density at radius 2 is 2.29 bits per heavy atom. The number of anilines is 1. The molecule has 2 aromatic rings. The molecule has 1 aromatic heterocycles. The Kier molecular flexibility index (Phi) is 4.49. The number of benzene rings is 1. The normalized spacial score (nSPS) is 10.2. The predicted molar refractivity (Wildman–Crippen MR) is 79.8 cm³/mol. The highest BCUT2D eigenvalue weighted by Crippen LogP contribution is 2.30. The number of ether oxygens (including phenoxy) is 1. The fraction of sp³-hybridized carbons (Fsp3) is 0.143. The number of aromatic nitrogens is 1. The van der Waals surface area contributed by atoms with Crippen molar-refractivity contribution in [3.8, 4) is 11.5 Å². The van der Waals surface area contributed by atoms with Crippen molar-refractivity contribution in [2.75, 3.05) is 12.4 Å². The molecule has 4 N–H and O–H groups in total. The standard InChI is InChI=1S/C14H14ClN3O3/c1-21-11-4-2-3-8(12(11)19)6-17-14-10(15)5-9(7-18-14)13(16)20/h2-5,7,19H,6H2,1H3,(H2,16,20)(H,17,18). The third-order valence-electron chi connectivity index (χ3n) is 2.87. The minimum Gasteiger partial charge on any atom is -0.504 e. The van der Waals surface area contributed by atoms with E-state index in [1.807, 2.05) is 0 Å². The quantitative estimate of drug-likeness (QED) is 0.786. The maximum atomic E-state index is 11.0. The van der Waals surface area contributed by atoms with Gasteiger partial charge in [-0.15, -0.1) is 0 Å². The third-order valence-corrected chi connectivity index (χ3v) is 3.16. The van der Waals surface area contributed by atoms with Crippen LogP contribution >= 0.6 is 11.6 Å². The number of rotatable bonds is 5. The lowest BCUT2D eigenvalue weighted by atomic mass is 10.2. The van der Waals surface area contributed by atoms with Gasteiger partial charge in [-0.1, -0.05) is 23.7 Å². The minimum absolute atomic E-state index is 0.0531. The molecule has 2 rings (SSSR count). The topological polar surface area (TPSA) is 97.5 Å². The minimum atomic E-state index is -0.596. The van der Waals surface area contributed by atoms with Crippen molar-refractivity contribution in [2.24, 2.45) is 5.73 Å². The monoisotopic (exact) mass is 307 g/mol. The summed E-state index contributed by atoms with van der Waals surface area (Å²) in [7, 11) is 1.48. The Hall–Kier alpha value is -2.47. The van der Waals surface area contributed by atoms with E-state index in [0.717, 1.165) is 0 Å². The van der Waals surface area contributed by atoms with E-state index in [4.69, 9.17) is 22.1 Å². The number of para-hydroxylation sites is 1. The number of phenols is 1. The lowest BCUT2D eigenvalue weighted by Crippen LogP contribution is -2.12. The summed E-state index contributed by atoms with van der Waals surface area (Å²) >= 11 is 6.02. The number of aromatic hydroxyl groups is 1. The first kappa shape index (κ1) is 14.9. The molecule has 110 valence electrons. The Balaban J connectivity index is 2.15. The van der Waals surface area contributed by atoms with E-state index in [-0.39, 0.29) is 16.3 Å². The van der Waals surface area contributed by atoms with E-state index >= 15 is 0 Å². The molecular formula is C14H14ClN3O3. The van der Waals surface area contributed by atoms with Crippen molar-refractivity contribution >= 4 is 23.3 Å². The van der Waals surface area contributed by atoms with E-state index in [0.29, 0.717) is 23.7 Å². The number of nitrogens with zero attached hydrogens (tertiary/aromatic N) is 1. The van der Waals surface area contributed by atoms with E-state index in [2.05, 4.69) is 10.3 Å². The van der Waals surface area contributed by atoms with Gasteiger partial charge < -0.3 is 20.9 Å². The van der Waals surface area contributed by atoms with Gasteiger partial charge in [0.15, 0.2) is 11.5 Å². The number of primary amides is 1. The van der Waals surface area contributed by atoms with Gasteiger partial charge in [-0.25, -0.2) is 4.98 Å². The smallest absolute Gasteiger partial charge is 0.250 e. The Morgan fingerprint density at radius 1 is 1.52 bits per heavy atom. The summed E-state index contributed by atoms with van der Waals surface area (Å²) in [6.45, 7) is 0.297. The highest BCUT2D eigenvalue weighted by atomic mass is 35.5. The van der Waals surface area contributed by atoms with E-state index in [1.54, 1.807) is 18.2 Å². The summed E-state index contributed by atoms with van der Waals surface area (Å²) in [6.07, 6.45) is 1.34. The molecule has 7 heteroatoms. The summed E-state index contributed by atoms with van der Waals surface area (Å²) in [5, 5.41) is 13.2. The maximum absolute atomic E-state index is 11.0. The summed E-state index contributed by atoms with van der Waals surface area (Å²) in [5.41, 5.74) is 6.01. The molecule has 1 aromatic carbocycles. The van der Waals surface area contributed by atoms with Crippen LogP contribution in [-0.2, 0) is 6.54 Å². The lowest BCUT2D eigenvalue weighted by Gasteiger charge is -2.11. The van der Waals surface area contributed by atoms with Crippen LogP contribution in [0.1, 0.15) is 15.9 Å². The number of pyridine rings is 1. The predicted octanol–water partition coefficient (Wildman–Crippen LogP) is 2.16. The van der Waals surface area contributed by atoms with Crippen LogP contribution in [0.2, 0.25) is 5.02 Å².